The molecule has 4 rings (SSSR count). The van der Waals surface area contributed by atoms with Gasteiger partial charge in [0.25, 0.3) is 10.0 Å². The van der Waals surface area contributed by atoms with Crippen LogP contribution < -0.4 is 9.04 Å². The molecule has 2 unspecified atom stereocenters. The van der Waals surface area contributed by atoms with Crippen LogP contribution in [-0.2, 0) is 14.8 Å². The summed E-state index contributed by atoms with van der Waals surface area (Å²) in [4.78, 5) is 19.5. The lowest BCUT2D eigenvalue weighted by Gasteiger charge is -2.21. The van der Waals surface area contributed by atoms with Gasteiger partial charge in [-0.15, -0.1) is 0 Å². The molecule has 1 aliphatic heterocycles. The SMILES string of the molecule is CCC(C(=O)O)C1CN=C(c2cc3cccc(N(C)S(=O)(=O)c4ccccc4OC)c3[nH]2)S1. The molecule has 0 saturated heterocycles. The van der Waals surface area contributed by atoms with Crippen LogP contribution in [0.3, 0.4) is 0 Å². The Morgan fingerprint density at radius 2 is 2.06 bits per heavy atom. The number of nitrogens with zero attached hydrogens (tertiary/aromatic N) is 2. The van der Waals surface area contributed by atoms with Crippen molar-refractivity contribution in [2.45, 2.75) is 23.5 Å². The summed E-state index contributed by atoms with van der Waals surface area (Å²) in [6, 6.07) is 13.8. The van der Waals surface area contributed by atoms with E-state index in [4.69, 9.17) is 4.74 Å². The molecule has 8 nitrogen and oxygen atoms in total. The number of sulfonamides is 1. The zero-order valence-electron chi connectivity index (χ0n) is 18.5. The molecule has 0 spiro atoms. The second-order valence-electron chi connectivity index (χ2n) is 7.70. The maximum atomic E-state index is 13.4. The van der Waals surface area contributed by atoms with Gasteiger partial charge >= 0.3 is 5.97 Å². The van der Waals surface area contributed by atoms with Crippen molar-refractivity contribution in [2.75, 3.05) is 25.0 Å². The number of aromatic nitrogens is 1. The number of anilines is 1. The Hall–Kier alpha value is -2.98. The van der Waals surface area contributed by atoms with Gasteiger partial charge in [-0.05, 0) is 30.7 Å². The van der Waals surface area contributed by atoms with Crippen molar-refractivity contribution in [1.82, 2.24) is 4.98 Å². The lowest BCUT2D eigenvalue weighted by atomic mass is 10.0. The number of aliphatic carboxylic acids is 1. The Bertz CT molecular complexity index is 1330. The standard InChI is InChI=1S/C23H25N3O5S2/c1-4-15(23(27)28)19-13-24-22(32-19)16-12-14-8-7-9-17(21(14)25-16)26(2)33(29,30)20-11-6-5-10-18(20)31-3/h5-12,15,19,25H,4,13H2,1-3H3,(H,27,28). The number of para-hydroxylation sites is 2. The third-order valence-electron chi connectivity index (χ3n) is 5.80. The Morgan fingerprint density at radius 3 is 2.76 bits per heavy atom. The van der Waals surface area contributed by atoms with Crippen LogP contribution in [0, 0.1) is 5.92 Å². The first kappa shape index (κ1) is 23.2. The van der Waals surface area contributed by atoms with Gasteiger partial charge in [-0.1, -0.05) is 43.0 Å². The lowest BCUT2D eigenvalue weighted by Crippen LogP contribution is -2.27. The van der Waals surface area contributed by atoms with Crippen LogP contribution in [0.2, 0.25) is 0 Å². The van der Waals surface area contributed by atoms with Crippen molar-refractivity contribution in [3.05, 3.63) is 54.2 Å². The first-order valence-corrected chi connectivity index (χ1v) is 12.8. The van der Waals surface area contributed by atoms with Crippen LogP contribution in [0.4, 0.5) is 5.69 Å². The molecule has 2 heterocycles. The third kappa shape index (κ3) is 4.20. The first-order valence-electron chi connectivity index (χ1n) is 10.5. The second-order valence-corrected chi connectivity index (χ2v) is 10.9. The molecule has 0 radical (unpaired) electrons. The van der Waals surface area contributed by atoms with Crippen LogP contribution >= 0.6 is 11.8 Å². The van der Waals surface area contributed by atoms with E-state index in [0.717, 1.165) is 16.1 Å². The molecule has 2 N–H and O–H groups in total. The number of hydrogen-bond donors (Lipinski definition) is 2. The van der Waals surface area contributed by atoms with Crippen molar-refractivity contribution >= 4 is 49.4 Å². The smallest absolute Gasteiger partial charge is 0.307 e. The van der Waals surface area contributed by atoms with E-state index in [0.29, 0.717) is 24.2 Å². The zero-order valence-corrected chi connectivity index (χ0v) is 20.1. The van der Waals surface area contributed by atoms with Crippen LogP contribution in [-0.4, -0.2) is 55.5 Å². The summed E-state index contributed by atoms with van der Waals surface area (Å²) in [6.45, 7) is 2.31. The number of carbonyl (C=O) groups is 1. The zero-order chi connectivity index (χ0) is 23.8. The molecule has 0 fully saturated rings. The van der Waals surface area contributed by atoms with Crippen molar-refractivity contribution in [1.29, 1.82) is 0 Å². The molecule has 10 heteroatoms. The highest BCUT2D eigenvalue weighted by Crippen LogP contribution is 2.36. The van der Waals surface area contributed by atoms with Gasteiger partial charge in [0.1, 0.15) is 15.7 Å². The van der Waals surface area contributed by atoms with Gasteiger partial charge in [0.2, 0.25) is 0 Å². The summed E-state index contributed by atoms with van der Waals surface area (Å²) >= 11 is 1.45. The predicted molar refractivity (Wildman–Crippen MR) is 131 cm³/mol. The number of H-pyrrole nitrogens is 1. The van der Waals surface area contributed by atoms with Crippen molar-refractivity contribution in [3.63, 3.8) is 0 Å². The largest absolute Gasteiger partial charge is 0.495 e. The Balaban J connectivity index is 1.68. The number of hydrogen-bond acceptors (Lipinski definition) is 6. The maximum Gasteiger partial charge on any atom is 0.307 e. The minimum atomic E-state index is -3.88. The van der Waals surface area contributed by atoms with E-state index < -0.39 is 21.9 Å². The van der Waals surface area contributed by atoms with Gasteiger partial charge in [0.15, 0.2) is 0 Å². The van der Waals surface area contributed by atoms with E-state index in [1.807, 2.05) is 19.1 Å². The van der Waals surface area contributed by atoms with Crippen LogP contribution in [0.15, 0.2) is 58.4 Å². The predicted octanol–water partition coefficient (Wildman–Crippen LogP) is 3.97. The normalized spacial score (nSPS) is 17.1. The lowest BCUT2D eigenvalue weighted by molar-refractivity contribution is -0.141. The molecule has 2 atom stereocenters. The van der Waals surface area contributed by atoms with Crippen molar-refractivity contribution in [2.24, 2.45) is 10.9 Å². The number of thioether (sulfide) groups is 1. The highest BCUT2D eigenvalue weighted by atomic mass is 32.2. The molecule has 2 aromatic carbocycles. The molecule has 0 saturated carbocycles. The number of benzene rings is 2. The van der Waals surface area contributed by atoms with Gasteiger partial charge < -0.3 is 14.8 Å². The van der Waals surface area contributed by atoms with Gasteiger partial charge in [-0.3, -0.25) is 14.1 Å². The van der Waals surface area contributed by atoms with Crippen LogP contribution in [0.25, 0.3) is 10.9 Å². The molecule has 1 aromatic heterocycles. The van der Waals surface area contributed by atoms with Gasteiger partial charge in [-0.2, -0.15) is 0 Å². The average Bonchev–Trinajstić information content (AvgIpc) is 3.46. The van der Waals surface area contributed by atoms with Crippen molar-refractivity contribution in [3.8, 4) is 5.75 Å². The molecular weight excluding hydrogens is 462 g/mol. The summed E-state index contributed by atoms with van der Waals surface area (Å²) in [5.41, 5.74) is 1.89. The van der Waals surface area contributed by atoms with E-state index in [1.54, 1.807) is 30.3 Å². The summed E-state index contributed by atoms with van der Waals surface area (Å²) in [7, 11) is -0.936. The maximum absolute atomic E-state index is 13.4. The number of carboxylic acid groups (broad SMARTS) is 1. The van der Waals surface area contributed by atoms with Crippen molar-refractivity contribution < 1.29 is 23.1 Å². The minimum absolute atomic E-state index is 0.0802. The average molecular weight is 488 g/mol. The third-order valence-corrected chi connectivity index (χ3v) is 8.96. The fraction of sp³-hybridized carbons (Fsp3) is 0.304. The molecule has 3 aromatic rings. The highest BCUT2D eigenvalue weighted by Gasteiger charge is 2.33. The van der Waals surface area contributed by atoms with E-state index in [1.165, 1.54) is 36.3 Å². The number of aliphatic imine (C=N–C) groups is 1. The van der Waals surface area contributed by atoms with Gasteiger partial charge in [-0.25, -0.2) is 8.42 Å². The number of ether oxygens (including phenoxy) is 1. The topological polar surface area (TPSA) is 112 Å². The Labute approximate surface area is 196 Å². The summed E-state index contributed by atoms with van der Waals surface area (Å²) in [5.74, 6) is -1.00. The molecule has 174 valence electrons. The summed E-state index contributed by atoms with van der Waals surface area (Å²) in [6.07, 6.45) is 0.540. The number of carboxylic acids is 1. The number of rotatable bonds is 8. The molecule has 0 aliphatic carbocycles. The van der Waals surface area contributed by atoms with E-state index in [-0.39, 0.29) is 15.9 Å². The number of aromatic amines is 1. The Kier molecular flexibility index (Phi) is 6.40. The first-order chi connectivity index (χ1) is 15.8. The summed E-state index contributed by atoms with van der Waals surface area (Å²) < 4.78 is 33.3. The molecule has 33 heavy (non-hydrogen) atoms. The van der Waals surface area contributed by atoms with Crippen LogP contribution in [0.1, 0.15) is 19.0 Å². The number of methoxy groups -OCH3 is 1. The van der Waals surface area contributed by atoms with Crippen LogP contribution in [0.5, 0.6) is 5.75 Å². The second kappa shape index (κ2) is 9.11. The quantitative estimate of drug-likeness (QED) is 0.497. The minimum Gasteiger partial charge on any atom is -0.495 e. The highest BCUT2D eigenvalue weighted by molar-refractivity contribution is 8.15. The number of nitrogens with one attached hydrogen (secondary N) is 1. The van der Waals surface area contributed by atoms with Gasteiger partial charge in [0, 0.05) is 17.7 Å². The monoisotopic (exact) mass is 487 g/mol. The number of fused-ring (bicyclic) bond motifs is 1. The molecule has 0 amide bonds. The summed E-state index contributed by atoms with van der Waals surface area (Å²) in [5, 5.41) is 10.9. The Morgan fingerprint density at radius 1 is 1.30 bits per heavy atom. The molecule has 0 bridgehead atoms. The van der Waals surface area contributed by atoms with E-state index in [2.05, 4.69) is 9.98 Å². The van der Waals surface area contributed by atoms with E-state index in [9.17, 15) is 18.3 Å². The fourth-order valence-corrected chi connectivity index (χ4v) is 6.63. The molecular formula is C23H25N3O5S2. The van der Waals surface area contributed by atoms with E-state index >= 15 is 0 Å². The van der Waals surface area contributed by atoms with Gasteiger partial charge in [0.05, 0.1) is 36.5 Å². The fourth-order valence-electron chi connectivity index (χ4n) is 3.97. The molecule has 1 aliphatic rings.